The number of hydrogen-bond donors (Lipinski definition) is 1. The number of sulfonamides is 1. The van der Waals surface area contributed by atoms with E-state index in [-0.39, 0.29) is 36.1 Å². The maximum Gasteiger partial charge on any atom is 0.246 e. The molecule has 4 rings (SSSR count). The third-order valence-corrected chi connectivity index (χ3v) is 7.12. The number of hydrogen-bond acceptors (Lipinski definition) is 7. The Labute approximate surface area is 192 Å². The lowest BCUT2D eigenvalue weighted by Crippen LogP contribution is -2.40. The number of carbonyl (C=O) groups is 1. The summed E-state index contributed by atoms with van der Waals surface area (Å²) in [6, 6.07) is 12.2. The van der Waals surface area contributed by atoms with Gasteiger partial charge >= 0.3 is 0 Å². The molecule has 174 valence electrons. The molecule has 1 saturated heterocycles. The molecule has 2 aromatic carbocycles. The second-order valence-corrected chi connectivity index (χ2v) is 9.43. The van der Waals surface area contributed by atoms with Crippen LogP contribution >= 0.6 is 0 Å². The van der Waals surface area contributed by atoms with Crippen molar-refractivity contribution >= 4 is 21.6 Å². The molecule has 0 atom stereocenters. The number of anilines is 1. The van der Waals surface area contributed by atoms with Crippen LogP contribution in [0.25, 0.3) is 0 Å². The molecule has 1 fully saturated rings. The summed E-state index contributed by atoms with van der Waals surface area (Å²) in [5.41, 5.74) is 2.17. The number of aromatic nitrogens is 3. The number of methoxy groups -OCH3 is 1. The lowest BCUT2D eigenvalue weighted by molar-refractivity contribution is -0.115. The van der Waals surface area contributed by atoms with Gasteiger partial charge in [-0.25, -0.2) is 18.1 Å². The molecule has 0 spiro atoms. The largest absolute Gasteiger partial charge is 0.495 e. The molecule has 1 N–H and O–H groups in total. The summed E-state index contributed by atoms with van der Waals surface area (Å²) in [5.74, 6) is -0.0146. The SMILES string of the molecule is COc1ccc(CC(=O)Nc2cccc(Cn3cncn3)c2)cc1S(=O)(=O)N1CCOCC1. The third-order valence-electron chi connectivity index (χ3n) is 5.20. The van der Waals surface area contributed by atoms with E-state index in [2.05, 4.69) is 15.4 Å². The van der Waals surface area contributed by atoms with Crippen molar-refractivity contribution in [2.45, 2.75) is 17.9 Å². The van der Waals surface area contributed by atoms with Gasteiger partial charge in [0.2, 0.25) is 15.9 Å². The van der Waals surface area contributed by atoms with E-state index in [4.69, 9.17) is 9.47 Å². The zero-order valence-electron chi connectivity index (χ0n) is 18.2. The van der Waals surface area contributed by atoms with Crippen molar-refractivity contribution in [1.82, 2.24) is 19.1 Å². The van der Waals surface area contributed by atoms with Crippen LogP contribution in [0.1, 0.15) is 11.1 Å². The molecule has 0 unspecified atom stereocenters. The highest BCUT2D eigenvalue weighted by Crippen LogP contribution is 2.28. The normalized spacial score (nSPS) is 14.7. The van der Waals surface area contributed by atoms with Gasteiger partial charge in [0.1, 0.15) is 23.3 Å². The zero-order chi connectivity index (χ0) is 23.3. The Morgan fingerprint density at radius 1 is 1.15 bits per heavy atom. The summed E-state index contributed by atoms with van der Waals surface area (Å²) in [6.45, 7) is 1.78. The van der Waals surface area contributed by atoms with E-state index in [9.17, 15) is 13.2 Å². The molecule has 3 aromatic rings. The Morgan fingerprint density at radius 3 is 2.70 bits per heavy atom. The van der Waals surface area contributed by atoms with Gasteiger partial charge in [0.25, 0.3) is 0 Å². The number of rotatable bonds is 8. The number of nitrogens with one attached hydrogen (secondary N) is 1. The van der Waals surface area contributed by atoms with Crippen LogP contribution in [0.15, 0.2) is 60.0 Å². The molecular formula is C22H25N5O5S. The second-order valence-electron chi connectivity index (χ2n) is 7.52. The first-order valence-corrected chi connectivity index (χ1v) is 11.9. The maximum atomic E-state index is 13.1. The van der Waals surface area contributed by atoms with Gasteiger partial charge in [-0.3, -0.25) is 4.79 Å². The highest BCUT2D eigenvalue weighted by Gasteiger charge is 2.29. The predicted molar refractivity (Wildman–Crippen MR) is 120 cm³/mol. The van der Waals surface area contributed by atoms with Gasteiger partial charge in [0.15, 0.2) is 0 Å². The molecular weight excluding hydrogens is 446 g/mol. The Bertz CT molecular complexity index is 1210. The van der Waals surface area contributed by atoms with Crippen molar-refractivity contribution in [2.24, 2.45) is 0 Å². The van der Waals surface area contributed by atoms with Gasteiger partial charge in [-0.1, -0.05) is 18.2 Å². The van der Waals surface area contributed by atoms with Crippen molar-refractivity contribution in [3.8, 4) is 5.75 Å². The van der Waals surface area contributed by atoms with Crippen LogP contribution in [0.5, 0.6) is 5.75 Å². The number of nitrogens with zero attached hydrogens (tertiary/aromatic N) is 4. The minimum absolute atomic E-state index is 0.0168. The summed E-state index contributed by atoms with van der Waals surface area (Å²) in [5, 5.41) is 6.95. The summed E-state index contributed by atoms with van der Waals surface area (Å²) in [4.78, 5) is 16.7. The topological polar surface area (TPSA) is 116 Å². The average Bonchev–Trinajstić information content (AvgIpc) is 3.33. The fraction of sp³-hybridized carbons (Fsp3) is 0.318. The van der Waals surface area contributed by atoms with E-state index in [1.807, 2.05) is 18.2 Å². The van der Waals surface area contributed by atoms with Crippen molar-refractivity contribution in [2.75, 3.05) is 38.7 Å². The van der Waals surface area contributed by atoms with Crippen molar-refractivity contribution in [1.29, 1.82) is 0 Å². The van der Waals surface area contributed by atoms with Crippen molar-refractivity contribution in [3.05, 3.63) is 66.2 Å². The second kappa shape index (κ2) is 10.1. The van der Waals surface area contributed by atoms with Crippen LogP contribution in [0, 0.1) is 0 Å². The number of amides is 1. The first-order valence-electron chi connectivity index (χ1n) is 10.4. The predicted octanol–water partition coefficient (Wildman–Crippen LogP) is 1.54. The van der Waals surface area contributed by atoms with E-state index in [1.165, 1.54) is 23.8 Å². The molecule has 33 heavy (non-hydrogen) atoms. The van der Waals surface area contributed by atoms with Crippen LogP contribution in [0.4, 0.5) is 5.69 Å². The van der Waals surface area contributed by atoms with E-state index in [0.29, 0.717) is 31.0 Å². The smallest absolute Gasteiger partial charge is 0.246 e. The van der Waals surface area contributed by atoms with Gasteiger partial charge < -0.3 is 14.8 Å². The highest BCUT2D eigenvalue weighted by atomic mass is 32.2. The molecule has 10 nitrogen and oxygen atoms in total. The molecule has 0 radical (unpaired) electrons. The third kappa shape index (κ3) is 5.56. The van der Waals surface area contributed by atoms with E-state index >= 15 is 0 Å². The molecule has 1 aliphatic heterocycles. The van der Waals surface area contributed by atoms with Gasteiger partial charge in [-0.2, -0.15) is 9.40 Å². The monoisotopic (exact) mass is 471 g/mol. The van der Waals surface area contributed by atoms with E-state index < -0.39 is 10.0 Å². The fourth-order valence-electron chi connectivity index (χ4n) is 3.60. The summed E-state index contributed by atoms with van der Waals surface area (Å²) in [6.07, 6.45) is 3.11. The van der Waals surface area contributed by atoms with Crippen molar-refractivity contribution in [3.63, 3.8) is 0 Å². The molecule has 1 aromatic heterocycles. The molecule has 11 heteroatoms. The Balaban J connectivity index is 1.48. The number of carbonyl (C=O) groups excluding carboxylic acids is 1. The van der Waals surface area contributed by atoms with Gasteiger partial charge in [0, 0.05) is 18.8 Å². The lowest BCUT2D eigenvalue weighted by Gasteiger charge is -2.26. The average molecular weight is 472 g/mol. The highest BCUT2D eigenvalue weighted by molar-refractivity contribution is 7.89. The van der Waals surface area contributed by atoms with Crippen molar-refractivity contribution < 1.29 is 22.7 Å². The maximum absolute atomic E-state index is 13.1. The molecule has 2 heterocycles. The Kier molecular flexibility index (Phi) is 7.02. The van der Waals surface area contributed by atoms with Crippen LogP contribution in [-0.2, 0) is 32.5 Å². The number of ether oxygens (including phenoxy) is 2. The molecule has 1 amide bonds. The Morgan fingerprint density at radius 2 is 1.97 bits per heavy atom. The Hall–Kier alpha value is -3.28. The summed E-state index contributed by atoms with van der Waals surface area (Å²) >= 11 is 0. The first kappa shape index (κ1) is 22.9. The van der Waals surface area contributed by atoms with Gasteiger partial charge in [-0.15, -0.1) is 0 Å². The zero-order valence-corrected chi connectivity index (χ0v) is 19.0. The van der Waals surface area contributed by atoms with Crippen LogP contribution in [-0.4, -0.2) is 66.8 Å². The van der Waals surface area contributed by atoms with Gasteiger partial charge in [0.05, 0.1) is 33.3 Å². The van der Waals surface area contributed by atoms with Crippen LogP contribution < -0.4 is 10.1 Å². The quantitative estimate of drug-likeness (QED) is 0.530. The number of morpholine rings is 1. The molecule has 0 bridgehead atoms. The molecule has 0 aliphatic carbocycles. The van der Waals surface area contributed by atoms with E-state index in [0.717, 1.165) is 5.56 Å². The minimum atomic E-state index is -3.77. The van der Waals surface area contributed by atoms with Gasteiger partial charge in [-0.05, 0) is 35.4 Å². The first-order chi connectivity index (χ1) is 16.0. The van der Waals surface area contributed by atoms with Crippen LogP contribution in [0.2, 0.25) is 0 Å². The van der Waals surface area contributed by atoms with E-state index in [1.54, 1.807) is 29.2 Å². The number of benzene rings is 2. The molecule has 1 aliphatic rings. The fourth-order valence-corrected chi connectivity index (χ4v) is 5.21. The lowest BCUT2D eigenvalue weighted by atomic mass is 10.1. The molecule has 0 saturated carbocycles. The summed E-state index contributed by atoms with van der Waals surface area (Å²) in [7, 11) is -2.35. The summed E-state index contributed by atoms with van der Waals surface area (Å²) < 4.78 is 39.9. The van der Waals surface area contributed by atoms with Crippen LogP contribution in [0.3, 0.4) is 0 Å². The standard InChI is InChI=1S/C22H25N5O5S/c1-31-20-6-5-17(12-21(20)33(29,30)27-7-9-32-10-8-27)13-22(28)25-19-4-2-3-18(11-19)14-26-16-23-15-24-26/h2-6,11-12,15-16H,7-10,13-14H2,1H3,(H,25,28). The minimum Gasteiger partial charge on any atom is -0.495 e.